The zero-order chi connectivity index (χ0) is 12.7. The molecule has 1 fully saturated rings. The van der Waals surface area contributed by atoms with Crippen molar-refractivity contribution < 1.29 is 14.3 Å². The molecular formula is C12H23NO3S. The summed E-state index contributed by atoms with van der Waals surface area (Å²) >= 11 is 1.88. The molecule has 0 amide bonds. The molecule has 1 aliphatic heterocycles. The van der Waals surface area contributed by atoms with Gasteiger partial charge in [-0.15, -0.1) is 0 Å². The maximum atomic E-state index is 11.3. The van der Waals surface area contributed by atoms with Gasteiger partial charge >= 0.3 is 5.97 Å². The fraction of sp³-hybridized carbons (Fsp3) is 0.917. The van der Waals surface area contributed by atoms with Gasteiger partial charge in [0.2, 0.25) is 0 Å². The number of esters is 1. The van der Waals surface area contributed by atoms with Crippen LogP contribution in [0.2, 0.25) is 0 Å². The van der Waals surface area contributed by atoms with Gasteiger partial charge in [0.05, 0.1) is 13.2 Å². The topological polar surface area (TPSA) is 61.5 Å². The Morgan fingerprint density at radius 3 is 3.00 bits per heavy atom. The van der Waals surface area contributed by atoms with Crippen molar-refractivity contribution in [1.82, 2.24) is 0 Å². The number of thioether (sulfide) groups is 1. The lowest BCUT2D eigenvalue weighted by Crippen LogP contribution is -2.45. The summed E-state index contributed by atoms with van der Waals surface area (Å²) < 4.78 is 10.2. The minimum atomic E-state index is -0.848. The molecule has 0 spiro atoms. The van der Waals surface area contributed by atoms with Gasteiger partial charge in [-0.25, -0.2) is 0 Å². The van der Waals surface area contributed by atoms with E-state index in [2.05, 4.69) is 4.74 Å². The second kappa shape index (κ2) is 7.24. The molecule has 0 aromatic carbocycles. The number of hydrogen-bond acceptors (Lipinski definition) is 5. The molecular weight excluding hydrogens is 238 g/mol. The molecule has 2 unspecified atom stereocenters. The van der Waals surface area contributed by atoms with E-state index in [4.69, 9.17) is 10.5 Å². The molecule has 0 saturated carbocycles. The molecule has 1 aliphatic rings. The minimum absolute atomic E-state index is 0.332. The lowest BCUT2D eigenvalue weighted by molar-refractivity contribution is -0.146. The average Bonchev–Trinajstić information content (AvgIpc) is 2.80. The third-order valence-corrected chi connectivity index (χ3v) is 4.15. The Labute approximate surface area is 108 Å². The van der Waals surface area contributed by atoms with E-state index in [0.717, 1.165) is 24.5 Å². The highest BCUT2D eigenvalue weighted by atomic mass is 32.2. The molecule has 1 rings (SSSR count). The molecule has 100 valence electrons. The Kier molecular flexibility index (Phi) is 6.30. The van der Waals surface area contributed by atoms with Gasteiger partial charge in [-0.1, -0.05) is 0 Å². The van der Waals surface area contributed by atoms with Crippen LogP contribution in [0.4, 0.5) is 0 Å². The van der Waals surface area contributed by atoms with Gasteiger partial charge in [0.25, 0.3) is 0 Å². The summed E-state index contributed by atoms with van der Waals surface area (Å²) in [5.74, 6) is 1.74. The third kappa shape index (κ3) is 5.27. The summed E-state index contributed by atoms with van der Waals surface area (Å²) in [6.45, 7) is 2.64. The molecule has 0 aliphatic carbocycles. The SMILES string of the molecule is COC(=O)C(C)(N)CCCSCC1CCCO1. The Balaban J connectivity index is 2.04. The summed E-state index contributed by atoms with van der Waals surface area (Å²) in [5.41, 5.74) is 5.02. The van der Waals surface area contributed by atoms with Crippen LogP contribution in [0.25, 0.3) is 0 Å². The van der Waals surface area contributed by atoms with Gasteiger partial charge < -0.3 is 15.2 Å². The molecule has 1 saturated heterocycles. The van der Waals surface area contributed by atoms with E-state index in [-0.39, 0.29) is 5.97 Å². The van der Waals surface area contributed by atoms with Crippen molar-refractivity contribution in [1.29, 1.82) is 0 Å². The fourth-order valence-electron chi connectivity index (χ4n) is 1.87. The van der Waals surface area contributed by atoms with Gasteiger partial charge in [-0.05, 0) is 38.4 Å². The largest absolute Gasteiger partial charge is 0.468 e. The summed E-state index contributed by atoms with van der Waals surface area (Å²) in [6, 6.07) is 0. The fourth-order valence-corrected chi connectivity index (χ4v) is 2.91. The Bertz CT molecular complexity index is 240. The van der Waals surface area contributed by atoms with Crippen molar-refractivity contribution >= 4 is 17.7 Å². The number of carbonyl (C=O) groups excluding carboxylic acids is 1. The van der Waals surface area contributed by atoms with Gasteiger partial charge in [-0.2, -0.15) is 11.8 Å². The summed E-state index contributed by atoms with van der Waals surface area (Å²) in [5, 5.41) is 0. The normalized spacial score (nSPS) is 23.4. The van der Waals surface area contributed by atoms with Gasteiger partial charge in [0.1, 0.15) is 5.54 Å². The first-order valence-electron chi connectivity index (χ1n) is 6.13. The number of ether oxygens (including phenoxy) is 2. The van der Waals surface area contributed by atoms with Crippen molar-refractivity contribution in [3.8, 4) is 0 Å². The second-order valence-corrected chi connectivity index (χ2v) is 5.87. The quantitative estimate of drug-likeness (QED) is 0.557. The zero-order valence-electron chi connectivity index (χ0n) is 10.7. The van der Waals surface area contributed by atoms with Crippen molar-refractivity contribution in [3.05, 3.63) is 0 Å². The van der Waals surface area contributed by atoms with E-state index in [1.54, 1.807) is 6.92 Å². The Hall–Kier alpha value is -0.260. The van der Waals surface area contributed by atoms with Crippen LogP contribution in [0.1, 0.15) is 32.6 Å². The lowest BCUT2D eigenvalue weighted by Gasteiger charge is -2.21. The molecule has 0 radical (unpaired) electrons. The average molecular weight is 261 g/mol. The van der Waals surface area contributed by atoms with Crippen LogP contribution in [0.5, 0.6) is 0 Å². The molecule has 0 bridgehead atoms. The summed E-state index contributed by atoms with van der Waals surface area (Å²) in [6.07, 6.45) is 4.40. The molecule has 5 heteroatoms. The van der Waals surface area contributed by atoms with Crippen LogP contribution >= 0.6 is 11.8 Å². The maximum absolute atomic E-state index is 11.3. The number of nitrogens with two attached hydrogens (primary N) is 1. The predicted octanol–water partition coefficient (Wildman–Crippen LogP) is 1.57. The molecule has 17 heavy (non-hydrogen) atoms. The predicted molar refractivity (Wildman–Crippen MR) is 70.1 cm³/mol. The first-order valence-corrected chi connectivity index (χ1v) is 7.28. The number of carbonyl (C=O) groups is 1. The van der Waals surface area contributed by atoms with Crippen LogP contribution in [0, 0.1) is 0 Å². The molecule has 0 aromatic heterocycles. The molecule has 1 heterocycles. The zero-order valence-corrected chi connectivity index (χ0v) is 11.6. The summed E-state index contributed by atoms with van der Waals surface area (Å²) in [4.78, 5) is 11.3. The monoisotopic (exact) mass is 261 g/mol. The van der Waals surface area contributed by atoms with E-state index in [0.29, 0.717) is 12.5 Å². The van der Waals surface area contributed by atoms with Crippen LogP contribution in [0.3, 0.4) is 0 Å². The maximum Gasteiger partial charge on any atom is 0.325 e. The van der Waals surface area contributed by atoms with E-state index in [1.165, 1.54) is 20.0 Å². The van der Waals surface area contributed by atoms with Crippen LogP contribution in [-0.2, 0) is 14.3 Å². The van der Waals surface area contributed by atoms with Gasteiger partial charge in [0.15, 0.2) is 0 Å². The number of rotatable bonds is 7. The molecule has 2 atom stereocenters. The van der Waals surface area contributed by atoms with Crippen molar-refractivity contribution in [2.24, 2.45) is 5.73 Å². The highest BCUT2D eigenvalue weighted by molar-refractivity contribution is 7.99. The summed E-state index contributed by atoms with van der Waals surface area (Å²) in [7, 11) is 1.37. The highest BCUT2D eigenvalue weighted by Gasteiger charge is 2.28. The van der Waals surface area contributed by atoms with Crippen LogP contribution < -0.4 is 5.73 Å². The molecule has 0 aromatic rings. The first kappa shape index (κ1) is 14.8. The van der Waals surface area contributed by atoms with Crippen molar-refractivity contribution in [2.45, 2.75) is 44.2 Å². The van der Waals surface area contributed by atoms with Crippen molar-refractivity contribution in [3.63, 3.8) is 0 Å². The highest BCUT2D eigenvalue weighted by Crippen LogP contribution is 2.19. The van der Waals surface area contributed by atoms with Crippen LogP contribution in [-0.4, -0.2) is 42.8 Å². The number of methoxy groups -OCH3 is 1. The second-order valence-electron chi connectivity index (χ2n) is 4.72. The van der Waals surface area contributed by atoms with Gasteiger partial charge in [-0.3, -0.25) is 4.79 Å². The smallest absolute Gasteiger partial charge is 0.325 e. The van der Waals surface area contributed by atoms with Crippen LogP contribution in [0.15, 0.2) is 0 Å². The van der Waals surface area contributed by atoms with Crippen molar-refractivity contribution in [2.75, 3.05) is 25.2 Å². The first-order chi connectivity index (χ1) is 8.06. The van der Waals surface area contributed by atoms with E-state index in [9.17, 15) is 4.79 Å². The van der Waals surface area contributed by atoms with E-state index < -0.39 is 5.54 Å². The third-order valence-electron chi connectivity index (χ3n) is 2.96. The van der Waals surface area contributed by atoms with Gasteiger partial charge in [0, 0.05) is 12.4 Å². The molecule has 2 N–H and O–H groups in total. The van der Waals surface area contributed by atoms with E-state index in [1.807, 2.05) is 11.8 Å². The minimum Gasteiger partial charge on any atom is -0.468 e. The molecule has 4 nitrogen and oxygen atoms in total. The number of hydrogen-bond donors (Lipinski definition) is 1. The standard InChI is InChI=1S/C12H23NO3S/c1-12(13,11(14)15-2)6-4-8-17-9-10-5-3-7-16-10/h10H,3-9,13H2,1-2H3. The van der Waals surface area contributed by atoms with E-state index >= 15 is 0 Å². The Morgan fingerprint density at radius 2 is 2.41 bits per heavy atom. The lowest BCUT2D eigenvalue weighted by atomic mass is 9.98. The Morgan fingerprint density at radius 1 is 1.65 bits per heavy atom.